The first kappa shape index (κ1) is 17.2. The minimum absolute atomic E-state index is 0.0158. The second kappa shape index (κ2) is 7.17. The average Bonchev–Trinajstić information content (AvgIpc) is 3.13. The zero-order valence-corrected chi connectivity index (χ0v) is 15.6. The van der Waals surface area contributed by atoms with Crippen LogP contribution in [0, 0.1) is 5.92 Å². The van der Waals surface area contributed by atoms with Gasteiger partial charge in [0.15, 0.2) is 4.90 Å². The van der Waals surface area contributed by atoms with Crippen LogP contribution in [-0.2, 0) is 16.1 Å². The van der Waals surface area contributed by atoms with Crippen molar-refractivity contribution in [1.82, 2.24) is 5.32 Å². The molecule has 6 heteroatoms. The fourth-order valence-electron chi connectivity index (χ4n) is 3.57. The summed E-state index contributed by atoms with van der Waals surface area (Å²) in [6.45, 7) is 2.52. The number of rotatable bonds is 3. The highest BCUT2D eigenvalue weighted by atomic mass is 35.5. The molecule has 2 aromatic rings. The molecule has 0 radical (unpaired) electrons. The fraction of sp³-hybridized carbons (Fsp3) is 0.368. The van der Waals surface area contributed by atoms with Gasteiger partial charge in [-0.3, -0.25) is 0 Å². The molecule has 3 unspecified atom stereocenters. The van der Waals surface area contributed by atoms with Crippen molar-refractivity contribution in [3.63, 3.8) is 0 Å². The van der Waals surface area contributed by atoms with Gasteiger partial charge in [0, 0.05) is 35.4 Å². The SMILES string of the molecule is CN1c2ccccc2C(NCC2CCOC2)c2ccc(Cl)cc2[S+]1[O-]. The van der Waals surface area contributed by atoms with Gasteiger partial charge in [-0.2, -0.15) is 4.31 Å². The summed E-state index contributed by atoms with van der Waals surface area (Å²) in [5.41, 5.74) is 3.14. The van der Waals surface area contributed by atoms with Crippen LogP contribution < -0.4 is 9.62 Å². The lowest BCUT2D eigenvalue weighted by atomic mass is 9.96. The lowest BCUT2D eigenvalue weighted by molar-refractivity contribution is 0.185. The maximum Gasteiger partial charge on any atom is 0.186 e. The van der Waals surface area contributed by atoms with Crippen LogP contribution in [0.5, 0.6) is 0 Å². The van der Waals surface area contributed by atoms with E-state index in [-0.39, 0.29) is 6.04 Å². The molecule has 2 aliphatic rings. The van der Waals surface area contributed by atoms with E-state index in [0.29, 0.717) is 10.9 Å². The van der Waals surface area contributed by atoms with Crippen molar-refractivity contribution in [3.05, 3.63) is 58.6 Å². The molecule has 2 aromatic carbocycles. The number of anilines is 1. The standard InChI is InChI=1S/C19H21ClN2O2S/c1-22-17-5-3-2-4-15(17)19(21-11-13-8-9-24-12-13)16-7-6-14(20)10-18(16)25(22)23/h2-7,10,13,19,21H,8-9,11-12H2,1H3. The van der Waals surface area contributed by atoms with Gasteiger partial charge < -0.3 is 14.6 Å². The van der Waals surface area contributed by atoms with Crippen LogP contribution in [0.15, 0.2) is 47.4 Å². The first-order valence-electron chi connectivity index (χ1n) is 8.50. The number of hydrogen-bond donors (Lipinski definition) is 1. The molecule has 132 valence electrons. The summed E-state index contributed by atoms with van der Waals surface area (Å²) in [6.07, 6.45) is 1.08. The Morgan fingerprint density at radius 1 is 1.28 bits per heavy atom. The molecule has 1 saturated heterocycles. The van der Waals surface area contributed by atoms with Gasteiger partial charge in [0.2, 0.25) is 0 Å². The van der Waals surface area contributed by atoms with Gasteiger partial charge in [0.1, 0.15) is 11.4 Å². The Hall–Kier alpha value is -1.24. The summed E-state index contributed by atoms with van der Waals surface area (Å²) in [4.78, 5) is 0.770. The molecule has 2 heterocycles. The van der Waals surface area contributed by atoms with Crippen LogP contribution in [0.25, 0.3) is 0 Å². The predicted molar refractivity (Wildman–Crippen MR) is 101 cm³/mol. The Morgan fingerprint density at radius 2 is 2.12 bits per heavy atom. The first-order chi connectivity index (χ1) is 12.1. The Kier molecular flexibility index (Phi) is 4.93. The smallest absolute Gasteiger partial charge is 0.186 e. The number of benzene rings is 2. The second-order valence-corrected chi connectivity index (χ2v) is 8.48. The lowest BCUT2D eigenvalue weighted by Crippen LogP contribution is -2.28. The van der Waals surface area contributed by atoms with Crippen LogP contribution in [0.4, 0.5) is 5.69 Å². The number of para-hydroxylation sites is 1. The summed E-state index contributed by atoms with van der Waals surface area (Å²) in [5, 5.41) is 4.30. The zero-order valence-electron chi connectivity index (χ0n) is 14.1. The highest BCUT2D eigenvalue weighted by molar-refractivity contribution is 7.92. The van der Waals surface area contributed by atoms with E-state index in [0.717, 1.165) is 47.9 Å². The minimum Gasteiger partial charge on any atom is -0.588 e. The summed E-state index contributed by atoms with van der Waals surface area (Å²) in [6, 6.07) is 13.8. The Morgan fingerprint density at radius 3 is 2.92 bits per heavy atom. The molecule has 0 spiro atoms. The van der Waals surface area contributed by atoms with E-state index < -0.39 is 11.4 Å². The van der Waals surface area contributed by atoms with Crippen molar-refractivity contribution < 1.29 is 9.29 Å². The molecule has 4 rings (SSSR count). The van der Waals surface area contributed by atoms with Gasteiger partial charge in [-0.25, -0.2) is 0 Å². The summed E-state index contributed by atoms with van der Waals surface area (Å²) < 4.78 is 20.4. The van der Waals surface area contributed by atoms with Gasteiger partial charge in [-0.15, -0.1) is 0 Å². The molecule has 1 fully saturated rings. The van der Waals surface area contributed by atoms with E-state index in [2.05, 4.69) is 11.4 Å². The molecule has 3 atom stereocenters. The molecule has 0 saturated carbocycles. The first-order valence-corrected chi connectivity index (χ1v) is 9.98. The molecule has 0 amide bonds. The average molecular weight is 377 g/mol. The second-order valence-electron chi connectivity index (χ2n) is 6.56. The molecule has 2 aliphatic heterocycles. The minimum atomic E-state index is -1.29. The van der Waals surface area contributed by atoms with E-state index in [1.165, 1.54) is 0 Å². The molecule has 4 nitrogen and oxygen atoms in total. The summed E-state index contributed by atoms with van der Waals surface area (Å²) in [5.74, 6) is 0.523. The fourth-order valence-corrected chi connectivity index (χ4v) is 5.06. The van der Waals surface area contributed by atoms with Crippen molar-refractivity contribution in [2.24, 2.45) is 5.92 Å². The van der Waals surface area contributed by atoms with E-state index in [9.17, 15) is 4.55 Å². The van der Waals surface area contributed by atoms with Crippen LogP contribution in [0.2, 0.25) is 5.02 Å². The van der Waals surface area contributed by atoms with Crippen LogP contribution >= 0.6 is 11.6 Å². The van der Waals surface area contributed by atoms with Gasteiger partial charge in [0.25, 0.3) is 0 Å². The van der Waals surface area contributed by atoms with E-state index in [4.69, 9.17) is 16.3 Å². The molecule has 1 N–H and O–H groups in total. The molecule has 0 aliphatic carbocycles. The summed E-state index contributed by atoms with van der Waals surface area (Å²) in [7, 11) is 1.87. The summed E-state index contributed by atoms with van der Waals surface area (Å²) >= 11 is 4.90. The van der Waals surface area contributed by atoms with Crippen molar-refractivity contribution >= 4 is 28.7 Å². The van der Waals surface area contributed by atoms with Crippen LogP contribution in [0.1, 0.15) is 23.6 Å². The van der Waals surface area contributed by atoms with E-state index >= 15 is 0 Å². The quantitative estimate of drug-likeness (QED) is 0.832. The number of nitrogens with one attached hydrogen (secondary N) is 1. The number of nitrogens with zero attached hydrogens (tertiary/aromatic N) is 1. The third-order valence-electron chi connectivity index (χ3n) is 4.95. The molecule has 0 bridgehead atoms. The normalized spacial score (nSPS) is 25.4. The van der Waals surface area contributed by atoms with Gasteiger partial charge in [-0.05, 0) is 24.5 Å². The largest absolute Gasteiger partial charge is 0.588 e. The topological polar surface area (TPSA) is 47.6 Å². The van der Waals surface area contributed by atoms with E-state index in [1.54, 1.807) is 0 Å². The van der Waals surface area contributed by atoms with Crippen LogP contribution in [-0.4, -0.2) is 31.4 Å². The molecule has 0 aromatic heterocycles. The van der Waals surface area contributed by atoms with Crippen molar-refractivity contribution in [1.29, 1.82) is 0 Å². The van der Waals surface area contributed by atoms with Gasteiger partial charge in [-0.1, -0.05) is 35.9 Å². The number of ether oxygens (including phenoxy) is 1. The van der Waals surface area contributed by atoms with Gasteiger partial charge >= 0.3 is 0 Å². The van der Waals surface area contributed by atoms with Crippen molar-refractivity contribution in [2.75, 3.05) is 31.1 Å². The molecular weight excluding hydrogens is 356 g/mol. The highest BCUT2D eigenvalue weighted by Gasteiger charge is 2.35. The third kappa shape index (κ3) is 3.27. The van der Waals surface area contributed by atoms with Crippen molar-refractivity contribution in [2.45, 2.75) is 17.4 Å². The number of halogens is 1. The lowest BCUT2D eigenvalue weighted by Gasteiger charge is -2.22. The third-order valence-corrected chi connectivity index (χ3v) is 6.60. The Labute approximate surface area is 156 Å². The zero-order chi connectivity index (χ0) is 17.4. The Balaban J connectivity index is 1.77. The predicted octanol–water partition coefficient (Wildman–Crippen LogP) is 3.53. The molecular formula is C19H21ClN2O2S. The van der Waals surface area contributed by atoms with Gasteiger partial charge in [0.05, 0.1) is 25.4 Å². The monoisotopic (exact) mass is 376 g/mol. The number of hydrogen-bond acceptors (Lipinski definition) is 4. The maximum atomic E-state index is 13.1. The van der Waals surface area contributed by atoms with E-state index in [1.807, 2.05) is 47.8 Å². The highest BCUT2D eigenvalue weighted by Crippen LogP contribution is 2.40. The maximum absolute atomic E-state index is 13.1. The Bertz CT molecular complexity index is 767. The number of fused-ring (bicyclic) bond motifs is 2. The van der Waals surface area contributed by atoms with Crippen molar-refractivity contribution in [3.8, 4) is 0 Å². The molecule has 25 heavy (non-hydrogen) atoms. The van der Waals surface area contributed by atoms with Crippen LogP contribution in [0.3, 0.4) is 0 Å².